The summed E-state index contributed by atoms with van der Waals surface area (Å²) in [6.07, 6.45) is 2.65. The van der Waals surface area contributed by atoms with E-state index in [-0.39, 0.29) is 11.4 Å². The van der Waals surface area contributed by atoms with Gasteiger partial charge in [0.15, 0.2) is 11.5 Å². The fourth-order valence-electron chi connectivity index (χ4n) is 2.39. The molecular formula is C16H21ClN2O2. The maximum atomic E-state index is 6.05. The van der Waals surface area contributed by atoms with Crippen molar-refractivity contribution in [1.29, 1.82) is 0 Å². The molecule has 5 heteroatoms. The molecule has 0 radical (unpaired) electrons. The van der Waals surface area contributed by atoms with Gasteiger partial charge in [-0.2, -0.15) is 0 Å². The first-order chi connectivity index (χ1) is 10.0. The van der Waals surface area contributed by atoms with Crippen LogP contribution in [0, 0.1) is 0 Å². The first-order valence-corrected chi connectivity index (χ1v) is 7.40. The van der Waals surface area contributed by atoms with Crippen LogP contribution < -0.4 is 14.8 Å². The smallest absolute Gasteiger partial charge is 0.161 e. The van der Waals surface area contributed by atoms with E-state index in [1.54, 1.807) is 20.4 Å². The van der Waals surface area contributed by atoms with Gasteiger partial charge in [-0.1, -0.05) is 0 Å². The summed E-state index contributed by atoms with van der Waals surface area (Å²) >= 11 is 6.05. The molecule has 0 aliphatic rings. The highest BCUT2D eigenvalue weighted by molar-refractivity contribution is 6.20. The average Bonchev–Trinajstić information content (AvgIpc) is 2.45. The second-order valence-electron chi connectivity index (χ2n) is 5.15. The van der Waals surface area contributed by atoms with Gasteiger partial charge in [-0.3, -0.25) is 0 Å². The molecule has 114 valence electrons. The number of rotatable bonds is 6. The largest absolute Gasteiger partial charge is 0.493 e. The number of fused-ring (bicyclic) bond motifs is 1. The highest BCUT2D eigenvalue weighted by Crippen LogP contribution is 2.34. The molecule has 2 rings (SSSR count). The predicted octanol–water partition coefficient (Wildman–Crippen LogP) is 4.07. The highest BCUT2D eigenvalue weighted by atomic mass is 35.5. The number of nitrogens with zero attached hydrogens (tertiary/aromatic N) is 1. The van der Waals surface area contributed by atoms with Crippen molar-refractivity contribution >= 4 is 28.2 Å². The Balaban J connectivity index is 2.40. The van der Waals surface area contributed by atoms with Crippen molar-refractivity contribution in [2.75, 3.05) is 19.5 Å². The molecule has 0 saturated heterocycles. The van der Waals surface area contributed by atoms with Crippen LogP contribution in [-0.2, 0) is 0 Å². The van der Waals surface area contributed by atoms with E-state index in [0.717, 1.165) is 23.0 Å². The van der Waals surface area contributed by atoms with Crippen molar-refractivity contribution in [2.24, 2.45) is 0 Å². The van der Waals surface area contributed by atoms with Gasteiger partial charge in [0.05, 0.1) is 14.2 Å². The topological polar surface area (TPSA) is 43.4 Å². The standard InChI is InChI=1S/C16H21ClN2O2/c1-10(17)7-11(2)19-16-13-9-15(21-4)14(20-3)8-12(13)5-6-18-16/h5-6,8-11H,7H2,1-4H3,(H,18,19). The lowest BCUT2D eigenvalue weighted by Crippen LogP contribution is -2.19. The molecule has 0 fully saturated rings. The summed E-state index contributed by atoms with van der Waals surface area (Å²) in [4.78, 5) is 4.43. The molecule has 21 heavy (non-hydrogen) atoms. The zero-order valence-electron chi connectivity index (χ0n) is 12.8. The van der Waals surface area contributed by atoms with E-state index in [0.29, 0.717) is 11.5 Å². The lowest BCUT2D eigenvalue weighted by Gasteiger charge is -2.18. The molecule has 0 aliphatic carbocycles. The number of nitrogens with one attached hydrogen (secondary N) is 1. The fraction of sp³-hybridized carbons (Fsp3) is 0.438. The predicted molar refractivity (Wildman–Crippen MR) is 87.9 cm³/mol. The molecule has 4 nitrogen and oxygen atoms in total. The molecule has 0 saturated carbocycles. The Hall–Kier alpha value is -1.68. The second-order valence-corrected chi connectivity index (χ2v) is 5.89. The molecule has 2 unspecified atom stereocenters. The number of methoxy groups -OCH3 is 2. The van der Waals surface area contributed by atoms with Gasteiger partial charge in [-0.15, -0.1) is 11.6 Å². The summed E-state index contributed by atoms with van der Waals surface area (Å²) in [6, 6.07) is 6.09. The zero-order chi connectivity index (χ0) is 15.4. The third-order valence-electron chi connectivity index (χ3n) is 3.33. The van der Waals surface area contributed by atoms with Gasteiger partial charge >= 0.3 is 0 Å². The van der Waals surface area contributed by atoms with Crippen molar-refractivity contribution in [2.45, 2.75) is 31.7 Å². The molecule has 0 spiro atoms. The Morgan fingerprint density at radius 2 is 1.86 bits per heavy atom. The monoisotopic (exact) mass is 308 g/mol. The maximum Gasteiger partial charge on any atom is 0.161 e. The minimum absolute atomic E-state index is 0.122. The Bertz CT molecular complexity index is 616. The van der Waals surface area contributed by atoms with E-state index in [4.69, 9.17) is 21.1 Å². The molecule has 0 bridgehead atoms. The van der Waals surface area contributed by atoms with Gasteiger partial charge in [0.2, 0.25) is 0 Å². The van der Waals surface area contributed by atoms with Gasteiger partial charge in [0, 0.05) is 23.0 Å². The number of anilines is 1. The summed E-state index contributed by atoms with van der Waals surface area (Å²) in [6.45, 7) is 4.09. The summed E-state index contributed by atoms with van der Waals surface area (Å²) in [5.74, 6) is 2.24. The molecule has 2 atom stereocenters. The van der Waals surface area contributed by atoms with E-state index >= 15 is 0 Å². The number of pyridine rings is 1. The molecule has 0 aliphatic heterocycles. The summed E-state index contributed by atoms with van der Waals surface area (Å²) < 4.78 is 10.7. The SMILES string of the molecule is COc1cc2ccnc(NC(C)CC(C)Cl)c2cc1OC. The van der Waals surface area contributed by atoms with E-state index in [1.165, 1.54) is 0 Å². The van der Waals surface area contributed by atoms with Crippen LogP contribution in [0.15, 0.2) is 24.4 Å². The number of aromatic nitrogens is 1. The highest BCUT2D eigenvalue weighted by Gasteiger charge is 2.12. The quantitative estimate of drug-likeness (QED) is 0.817. The minimum atomic E-state index is 0.122. The van der Waals surface area contributed by atoms with Crippen LogP contribution in [0.25, 0.3) is 10.8 Å². The van der Waals surface area contributed by atoms with Crippen LogP contribution >= 0.6 is 11.6 Å². The molecule has 1 aromatic carbocycles. The lowest BCUT2D eigenvalue weighted by atomic mass is 10.1. The third kappa shape index (κ3) is 3.70. The van der Waals surface area contributed by atoms with Crippen LogP contribution in [0.4, 0.5) is 5.82 Å². The van der Waals surface area contributed by atoms with E-state index < -0.39 is 0 Å². The van der Waals surface area contributed by atoms with Gasteiger partial charge in [-0.05, 0) is 43.9 Å². The van der Waals surface area contributed by atoms with Crippen molar-refractivity contribution in [3.63, 3.8) is 0 Å². The van der Waals surface area contributed by atoms with Crippen LogP contribution in [0.2, 0.25) is 0 Å². The van der Waals surface area contributed by atoms with E-state index in [1.807, 2.05) is 25.1 Å². The number of ether oxygens (including phenoxy) is 2. The van der Waals surface area contributed by atoms with Crippen LogP contribution in [0.5, 0.6) is 11.5 Å². The zero-order valence-corrected chi connectivity index (χ0v) is 13.6. The van der Waals surface area contributed by atoms with E-state index in [2.05, 4.69) is 17.2 Å². The summed E-state index contributed by atoms with van der Waals surface area (Å²) in [5.41, 5.74) is 0. The van der Waals surface area contributed by atoms with Crippen molar-refractivity contribution in [3.8, 4) is 11.5 Å². The molecule has 1 N–H and O–H groups in total. The first kappa shape index (κ1) is 15.7. The summed E-state index contributed by atoms with van der Waals surface area (Å²) in [5, 5.41) is 5.59. The third-order valence-corrected chi connectivity index (χ3v) is 3.51. The molecule has 1 aromatic heterocycles. The summed E-state index contributed by atoms with van der Waals surface area (Å²) in [7, 11) is 3.26. The van der Waals surface area contributed by atoms with Crippen LogP contribution in [0.1, 0.15) is 20.3 Å². The molecule has 0 amide bonds. The van der Waals surface area contributed by atoms with Crippen molar-refractivity contribution in [1.82, 2.24) is 4.98 Å². The molecular weight excluding hydrogens is 288 g/mol. The minimum Gasteiger partial charge on any atom is -0.493 e. The fourth-order valence-corrected chi connectivity index (χ4v) is 2.66. The van der Waals surface area contributed by atoms with Gasteiger partial charge in [0.1, 0.15) is 5.82 Å². The Labute approximate surface area is 130 Å². The van der Waals surface area contributed by atoms with Gasteiger partial charge in [-0.25, -0.2) is 4.98 Å². The molecule has 1 heterocycles. The average molecular weight is 309 g/mol. The second kappa shape index (κ2) is 6.85. The number of halogens is 1. The van der Waals surface area contributed by atoms with Gasteiger partial charge in [0.25, 0.3) is 0 Å². The number of alkyl halides is 1. The first-order valence-electron chi connectivity index (χ1n) is 6.96. The number of hydrogen-bond donors (Lipinski definition) is 1. The maximum absolute atomic E-state index is 6.05. The van der Waals surface area contributed by atoms with Crippen molar-refractivity contribution < 1.29 is 9.47 Å². The van der Waals surface area contributed by atoms with Crippen LogP contribution in [-0.4, -0.2) is 30.6 Å². The van der Waals surface area contributed by atoms with Crippen molar-refractivity contribution in [3.05, 3.63) is 24.4 Å². The normalized spacial score (nSPS) is 13.8. The Kier molecular flexibility index (Phi) is 5.12. The Morgan fingerprint density at radius 1 is 1.19 bits per heavy atom. The number of benzene rings is 1. The molecule has 2 aromatic rings. The van der Waals surface area contributed by atoms with E-state index in [9.17, 15) is 0 Å². The Morgan fingerprint density at radius 3 is 2.48 bits per heavy atom. The van der Waals surface area contributed by atoms with Gasteiger partial charge < -0.3 is 14.8 Å². The number of hydrogen-bond acceptors (Lipinski definition) is 4. The van der Waals surface area contributed by atoms with Crippen LogP contribution in [0.3, 0.4) is 0 Å². The lowest BCUT2D eigenvalue weighted by molar-refractivity contribution is 0.356.